The first-order valence-corrected chi connectivity index (χ1v) is 9.82. The van der Waals surface area contributed by atoms with Gasteiger partial charge in [-0.25, -0.2) is 0 Å². The molecule has 2 saturated heterocycles. The van der Waals surface area contributed by atoms with E-state index < -0.39 is 29.0 Å². The summed E-state index contributed by atoms with van der Waals surface area (Å²) in [7, 11) is 1.73. The van der Waals surface area contributed by atoms with Crippen molar-refractivity contribution in [3.8, 4) is 11.1 Å². The molecule has 1 spiro atoms. The lowest BCUT2D eigenvalue weighted by Gasteiger charge is -2.23. The monoisotopic (exact) mass is 442 g/mol. The predicted molar refractivity (Wildman–Crippen MR) is 102 cm³/mol. The second-order valence-electron chi connectivity index (χ2n) is 8.21. The smallest absolute Gasteiger partial charge is 0.344 e. The summed E-state index contributed by atoms with van der Waals surface area (Å²) in [6.45, 7) is 0.642. The molecule has 0 saturated carbocycles. The molecular weight excluding hydrogens is 422 g/mol. The van der Waals surface area contributed by atoms with Gasteiger partial charge in [-0.3, -0.25) is 10.1 Å². The molecule has 31 heavy (non-hydrogen) atoms. The zero-order chi connectivity index (χ0) is 22.6. The Bertz CT molecular complexity index is 984. The van der Waals surface area contributed by atoms with Crippen LogP contribution in [0.15, 0.2) is 42.5 Å². The standard InChI is InChI=1S/C22H20F6N2O/c1-30-8-7-20(19(30)31)6-5-18(29-20)14-4-2-3-13(9-14)15-10-16(21(23,24)25)12-17(11-15)22(26,27)28/h2-4,9-12,18,29H,5-8H2,1H3/t18-,20+/m1/s1. The topological polar surface area (TPSA) is 32.3 Å². The van der Waals surface area contributed by atoms with Crippen molar-refractivity contribution in [1.82, 2.24) is 10.2 Å². The predicted octanol–water partition coefficient (Wildman–Crippen LogP) is 5.42. The molecule has 9 heteroatoms. The van der Waals surface area contributed by atoms with E-state index in [1.165, 1.54) is 6.07 Å². The molecule has 0 radical (unpaired) electrons. The normalized spacial score (nSPS) is 24.4. The summed E-state index contributed by atoms with van der Waals surface area (Å²) < 4.78 is 79.2. The zero-order valence-corrected chi connectivity index (χ0v) is 16.6. The number of carbonyl (C=O) groups excluding carboxylic acids is 1. The van der Waals surface area contributed by atoms with E-state index in [4.69, 9.17) is 0 Å². The van der Waals surface area contributed by atoms with E-state index >= 15 is 0 Å². The molecule has 1 amide bonds. The number of likely N-dealkylation sites (N-methyl/N-ethyl adjacent to an activating group) is 1. The number of carbonyl (C=O) groups is 1. The van der Waals surface area contributed by atoms with Crippen LogP contribution in [0.4, 0.5) is 26.3 Å². The molecule has 2 fully saturated rings. The van der Waals surface area contributed by atoms with Crippen molar-refractivity contribution in [2.24, 2.45) is 0 Å². The Morgan fingerprint density at radius 1 is 0.935 bits per heavy atom. The van der Waals surface area contributed by atoms with Crippen molar-refractivity contribution in [1.29, 1.82) is 0 Å². The van der Waals surface area contributed by atoms with E-state index in [1.807, 2.05) is 0 Å². The molecule has 2 aliphatic heterocycles. The van der Waals surface area contributed by atoms with Gasteiger partial charge in [0.1, 0.15) is 5.54 Å². The SMILES string of the molecule is CN1CC[C@@]2(CC[C@H](c3cccc(-c4cc(C(F)(F)F)cc(C(F)(F)F)c4)c3)N2)C1=O. The van der Waals surface area contributed by atoms with Crippen LogP contribution in [-0.2, 0) is 17.1 Å². The first kappa shape index (κ1) is 21.7. The molecule has 2 heterocycles. The molecule has 2 aromatic rings. The molecule has 0 bridgehead atoms. The minimum Gasteiger partial charge on any atom is -0.344 e. The first-order valence-electron chi connectivity index (χ1n) is 9.82. The third kappa shape index (κ3) is 4.03. The summed E-state index contributed by atoms with van der Waals surface area (Å²) in [5.41, 5.74) is -2.52. The van der Waals surface area contributed by atoms with Gasteiger partial charge in [-0.2, -0.15) is 26.3 Å². The molecular formula is C22H20F6N2O. The number of nitrogens with one attached hydrogen (secondary N) is 1. The van der Waals surface area contributed by atoms with Crippen LogP contribution >= 0.6 is 0 Å². The van der Waals surface area contributed by atoms with Crippen molar-refractivity contribution >= 4 is 5.91 Å². The van der Waals surface area contributed by atoms with E-state index in [9.17, 15) is 31.1 Å². The van der Waals surface area contributed by atoms with Crippen LogP contribution in [0.1, 0.15) is 42.0 Å². The van der Waals surface area contributed by atoms with E-state index in [1.54, 1.807) is 30.1 Å². The highest BCUT2D eigenvalue weighted by molar-refractivity contribution is 5.88. The van der Waals surface area contributed by atoms with Gasteiger partial charge in [0.15, 0.2) is 0 Å². The van der Waals surface area contributed by atoms with Gasteiger partial charge >= 0.3 is 12.4 Å². The number of halogens is 6. The van der Waals surface area contributed by atoms with Gasteiger partial charge < -0.3 is 4.90 Å². The fourth-order valence-corrected chi connectivity index (χ4v) is 4.47. The van der Waals surface area contributed by atoms with Crippen LogP contribution in [0.5, 0.6) is 0 Å². The highest BCUT2D eigenvalue weighted by Crippen LogP contribution is 2.41. The van der Waals surface area contributed by atoms with Gasteiger partial charge in [-0.05, 0) is 60.2 Å². The van der Waals surface area contributed by atoms with Crippen LogP contribution in [0, 0.1) is 0 Å². The summed E-state index contributed by atoms with van der Waals surface area (Å²) in [4.78, 5) is 14.2. The third-order valence-corrected chi connectivity index (χ3v) is 6.15. The number of rotatable bonds is 2. The number of benzene rings is 2. The minimum absolute atomic E-state index is 0.0128. The lowest BCUT2D eigenvalue weighted by molar-refractivity contribution is -0.143. The van der Waals surface area contributed by atoms with E-state index in [0.29, 0.717) is 25.8 Å². The second kappa shape index (κ2) is 7.25. The van der Waals surface area contributed by atoms with Crippen LogP contribution in [-0.4, -0.2) is 29.9 Å². The van der Waals surface area contributed by atoms with Gasteiger partial charge in [-0.15, -0.1) is 0 Å². The average molecular weight is 442 g/mol. The largest absolute Gasteiger partial charge is 0.416 e. The first-order chi connectivity index (χ1) is 14.4. The summed E-state index contributed by atoms with van der Waals surface area (Å²) in [5.74, 6) is 0.0128. The van der Waals surface area contributed by atoms with Gasteiger partial charge in [-0.1, -0.05) is 18.2 Å². The van der Waals surface area contributed by atoms with Crippen LogP contribution in [0.2, 0.25) is 0 Å². The highest BCUT2D eigenvalue weighted by Gasteiger charge is 2.50. The summed E-state index contributed by atoms with van der Waals surface area (Å²) in [5, 5.41) is 3.36. The molecule has 0 unspecified atom stereocenters. The maximum atomic E-state index is 13.2. The molecule has 166 valence electrons. The molecule has 4 rings (SSSR count). The maximum absolute atomic E-state index is 13.2. The van der Waals surface area contributed by atoms with Gasteiger partial charge in [0.2, 0.25) is 5.91 Å². The van der Waals surface area contributed by atoms with Gasteiger partial charge in [0.05, 0.1) is 11.1 Å². The van der Waals surface area contributed by atoms with Crippen molar-refractivity contribution in [3.05, 3.63) is 59.2 Å². The lowest BCUT2D eigenvalue weighted by Crippen LogP contribution is -2.47. The fourth-order valence-electron chi connectivity index (χ4n) is 4.47. The average Bonchev–Trinajstić information content (AvgIpc) is 3.26. The van der Waals surface area contributed by atoms with Crippen molar-refractivity contribution in [2.75, 3.05) is 13.6 Å². The molecule has 1 N–H and O–H groups in total. The van der Waals surface area contributed by atoms with E-state index in [2.05, 4.69) is 5.32 Å². The van der Waals surface area contributed by atoms with Crippen LogP contribution in [0.3, 0.4) is 0 Å². The molecule has 2 atom stereocenters. The Labute approximate surface area is 175 Å². The Hall–Kier alpha value is -2.55. The third-order valence-electron chi connectivity index (χ3n) is 6.15. The summed E-state index contributed by atoms with van der Waals surface area (Å²) in [6.07, 6.45) is -7.85. The lowest BCUT2D eigenvalue weighted by atomic mass is 9.95. The number of amides is 1. The summed E-state index contributed by atoms with van der Waals surface area (Å²) >= 11 is 0. The van der Waals surface area contributed by atoms with Crippen molar-refractivity contribution in [2.45, 2.75) is 43.2 Å². The Kier molecular flexibility index (Phi) is 5.07. The molecule has 0 aromatic heterocycles. The minimum atomic E-state index is -4.90. The zero-order valence-electron chi connectivity index (χ0n) is 16.6. The maximum Gasteiger partial charge on any atom is 0.416 e. The highest BCUT2D eigenvalue weighted by atomic mass is 19.4. The van der Waals surface area contributed by atoms with E-state index in [-0.39, 0.29) is 29.1 Å². The van der Waals surface area contributed by atoms with E-state index in [0.717, 1.165) is 17.7 Å². The van der Waals surface area contributed by atoms with Crippen LogP contribution < -0.4 is 5.32 Å². The van der Waals surface area contributed by atoms with Gasteiger partial charge in [0.25, 0.3) is 0 Å². The fraction of sp³-hybridized carbons (Fsp3) is 0.409. The molecule has 3 nitrogen and oxygen atoms in total. The number of likely N-dealkylation sites (tertiary alicyclic amines) is 1. The quantitative estimate of drug-likeness (QED) is 0.631. The van der Waals surface area contributed by atoms with Crippen molar-refractivity contribution in [3.63, 3.8) is 0 Å². The molecule has 2 aromatic carbocycles. The molecule has 2 aliphatic rings. The number of hydrogen-bond acceptors (Lipinski definition) is 2. The Morgan fingerprint density at radius 2 is 1.58 bits per heavy atom. The summed E-state index contributed by atoms with van der Waals surface area (Å²) in [6, 6.07) is 7.82. The van der Waals surface area contributed by atoms with Crippen molar-refractivity contribution < 1.29 is 31.1 Å². The van der Waals surface area contributed by atoms with Gasteiger partial charge in [0, 0.05) is 19.6 Å². The number of nitrogens with zero attached hydrogens (tertiary/aromatic N) is 1. The Balaban J connectivity index is 1.69. The number of hydrogen-bond donors (Lipinski definition) is 1. The second-order valence-corrected chi connectivity index (χ2v) is 8.21. The van der Waals surface area contributed by atoms with Crippen LogP contribution in [0.25, 0.3) is 11.1 Å². The number of alkyl halides is 6. The Morgan fingerprint density at radius 3 is 2.13 bits per heavy atom. The molecule has 0 aliphatic carbocycles.